The Kier molecular flexibility index (Phi) is 4.59. The molecule has 0 spiro atoms. The Hall–Kier alpha value is -3.19. The van der Waals surface area contributed by atoms with Gasteiger partial charge in [0.2, 0.25) is 0 Å². The van der Waals surface area contributed by atoms with E-state index in [0.717, 1.165) is 36.4 Å². The van der Waals surface area contributed by atoms with Crippen LogP contribution in [0.5, 0.6) is 5.75 Å². The molecule has 1 fully saturated rings. The highest BCUT2D eigenvalue weighted by Crippen LogP contribution is 2.33. The number of anilines is 1. The topological polar surface area (TPSA) is 87.3 Å². The summed E-state index contributed by atoms with van der Waals surface area (Å²) in [6.45, 7) is 10.3. The zero-order valence-corrected chi connectivity index (χ0v) is 18.3. The van der Waals surface area contributed by atoms with E-state index in [1.165, 1.54) is 0 Å². The second-order valence-corrected chi connectivity index (χ2v) is 9.30. The number of fused-ring (bicyclic) bond motifs is 2. The third-order valence-electron chi connectivity index (χ3n) is 5.57. The summed E-state index contributed by atoms with van der Waals surface area (Å²) in [5.41, 5.74) is 4.29. The minimum Gasteiger partial charge on any atom is -0.507 e. The second kappa shape index (κ2) is 7.20. The maximum Gasteiger partial charge on any atom is 0.192 e. The van der Waals surface area contributed by atoms with Gasteiger partial charge in [0.05, 0.1) is 16.7 Å². The Bertz CT molecular complexity index is 1270. The monoisotopic (exact) mass is 417 g/mol. The zero-order chi connectivity index (χ0) is 21.8. The van der Waals surface area contributed by atoms with E-state index in [2.05, 4.69) is 36.0 Å². The minimum atomic E-state index is 0.108. The van der Waals surface area contributed by atoms with Gasteiger partial charge in [-0.3, -0.25) is 0 Å². The quantitative estimate of drug-likeness (QED) is 0.510. The largest absolute Gasteiger partial charge is 0.507 e. The van der Waals surface area contributed by atoms with Gasteiger partial charge >= 0.3 is 0 Å². The predicted octanol–water partition coefficient (Wildman–Crippen LogP) is 4.42. The van der Waals surface area contributed by atoms with E-state index in [0.29, 0.717) is 34.3 Å². The van der Waals surface area contributed by atoms with E-state index in [9.17, 15) is 5.11 Å². The molecule has 4 aromatic rings. The van der Waals surface area contributed by atoms with Crippen molar-refractivity contribution in [2.75, 3.05) is 18.0 Å². The van der Waals surface area contributed by atoms with Crippen LogP contribution in [0, 0.1) is 6.92 Å². The van der Waals surface area contributed by atoms with Crippen LogP contribution >= 0.6 is 0 Å². The molecule has 1 atom stereocenters. The third kappa shape index (κ3) is 3.93. The number of phenolic OH excluding ortho intramolecular Hbond substituents is 1. The fourth-order valence-corrected chi connectivity index (χ4v) is 4.31. The Balaban J connectivity index is 1.43. The summed E-state index contributed by atoms with van der Waals surface area (Å²) in [4.78, 5) is 16.2. The predicted molar refractivity (Wildman–Crippen MR) is 122 cm³/mol. The van der Waals surface area contributed by atoms with Gasteiger partial charge in [0.15, 0.2) is 11.5 Å². The van der Waals surface area contributed by atoms with Crippen molar-refractivity contribution in [1.82, 2.24) is 20.3 Å². The molecule has 7 nitrogen and oxygen atoms in total. The molecule has 1 aliphatic heterocycles. The summed E-state index contributed by atoms with van der Waals surface area (Å²) in [6.07, 6.45) is 1.11. The smallest absolute Gasteiger partial charge is 0.192 e. The lowest BCUT2D eigenvalue weighted by atomic mass is 10.1. The van der Waals surface area contributed by atoms with Crippen LogP contribution in [0.1, 0.15) is 33.1 Å². The van der Waals surface area contributed by atoms with Crippen molar-refractivity contribution in [3.05, 3.63) is 42.3 Å². The molecule has 0 unspecified atom stereocenters. The Morgan fingerprint density at radius 3 is 2.61 bits per heavy atom. The molecule has 7 heteroatoms. The molecule has 0 aliphatic carbocycles. The molecule has 1 saturated heterocycles. The molecule has 3 aromatic heterocycles. The normalized spacial score (nSPS) is 17.2. The molecule has 5 rings (SSSR count). The molecule has 1 aliphatic rings. The number of phenols is 1. The van der Waals surface area contributed by atoms with Gasteiger partial charge in [0.1, 0.15) is 17.1 Å². The van der Waals surface area contributed by atoms with Crippen LogP contribution < -0.4 is 10.2 Å². The number of nitrogens with one attached hydrogen (secondary N) is 1. The first-order valence-electron chi connectivity index (χ1n) is 10.7. The van der Waals surface area contributed by atoms with Crippen LogP contribution in [-0.4, -0.2) is 44.7 Å². The van der Waals surface area contributed by atoms with Gasteiger partial charge in [-0.2, -0.15) is 0 Å². The molecule has 0 bridgehead atoms. The Labute approximate surface area is 181 Å². The van der Waals surface area contributed by atoms with Crippen molar-refractivity contribution in [2.45, 2.75) is 45.7 Å². The van der Waals surface area contributed by atoms with Crippen molar-refractivity contribution in [2.24, 2.45) is 0 Å². The Morgan fingerprint density at radius 1 is 1.03 bits per heavy atom. The summed E-state index contributed by atoms with van der Waals surface area (Å²) in [5, 5.41) is 14.2. The summed E-state index contributed by atoms with van der Waals surface area (Å²) >= 11 is 0. The lowest BCUT2D eigenvalue weighted by Crippen LogP contribution is -2.44. The van der Waals surface area contributed by atoms with Gasteiger partial charge < -0.3 is 19.7 Å². The minimum absolute atomic E-state index is 0.108. The molecule has 4 heterocycles. The van der Waals surface area contributed by atoms with E-state index in [4.69, 9.17) is 14.4 Å². The van der Waals surface area contributed by atoms with Crippen molar-refractivity contribution in [3.8, 4) is 17.0 Å². The first kappa shape index (κ1) is 19.8. The van der Waals surface area contributed by atoms with Gasteiger partial charge in [0.25, 0.3) is 0 Å². The standard InChI is InChI=1S/C24H27N5O2/c1-14-25-20-12-21(30)16(11-22(20)31-14)17-5-6-19-18(26-17)7-8-23(27-19)29-10-9-15(13-29)28-24(2,3)4/h5-8,11-12,15,28,30H,9-10,13H2,1-4H3/t15-/m0/s1. The highest BCUT2D eigenvalue weighted by atomic mass is 16.3. The van der Waals surface area contributed by atoms with Crippen LogP contribution in [0.3, 0.4) is 0 Å². The summed E-state index contributed by atoms with van der Waals surface area (Å²) < 4.78 is 5.61. The number of aryl methyl sites for hydroxylation is 1. The van der Waals surface area contributed by atoms with E-state index in [1.54, 1.807) is 19.1 Å². The number of aromatic hydroxyl groups is 1. The number of benzene rings is 1. The molecule has 31 heavy (non-hydrogen) atoms. The maximum atomic E-state index is 10.5. The van der Waals surface area contributed by atoms with Gasteiger partial charge in [-0.05, 0) is 57.5 Å². The van der Waals surface area contributed by atoms with Crippen LogP contribution in [0.2, 0.25) is 0 Å². The molecule has 0 saturated carbocycles. The number of rotatable bonds is 3. The lowest BCUT2D eigenvalue weighted by Gasteiger charge is -2.26. The van der Waals surface area contributed by atoms with Gasteiger partial charge in [-0.1, -0.05) is 0 Å². The van der Waals surface area contributed by atoms with E-state index < -0.39 is 0 Å². The summed E-state index contributed by atoms with van der Waals surface area (Å²) in [7, 11) is 0. The second-order valence-electron chi connectivity index (χ2n) is 9.30. The number of nitrogens with zero attached hydrogens (tertiary/aromatic N) is 4. The van der Waals surface area contributed by atoms with E-state index in [-0.39, 0.29) is 11.3 Å². The van der Waals surface area contributed by atoms with Gasteiger partial charge in [-0.15, -0.1) is 0 Å². The van der Waals surface area contributed by atoms with Crippen LogP contribution in [0.4, 0.5) is 5.82 Å². The van der Waals surface area contributed by atoms with Crippen molar-refractivity contribution >= 4 is 28.0 Å². The molecule has 0 radical (unpaired) electrons. The lowest BCUT2D eigenvalue weighted by molar-refractivity contribution is 0.373. The molecule has 0 amide bonds. The molecule has 2 N–H and O–H groups in total. The number of aromatic nitrogens is 3. The fraction of sp³-hybridized carbons (Fsp3) is 0.375. The molecular formula is C24H27N5O2. The van der Waals surface area contributed by atoms with Crippen molar-refractivity contribution < 1.29 is 9.52 Å². The van der Waals surface area contributed by atoms with E-state index in [1.807, 2.05) is 24.3 Å². The van der Waals surface area contributed by atoms with Crippen LogP contribution in [0.25, 0.3) is 33.4 Å². The van der Waals surface area contributed by atoms with E-state index >= 15 is 0 Å². The van der Waals surface area contributed by atoms with Crippen LogP contribution in [0.15, 0.2) is 40.8 Å². The average molecular weight is 418 g/mol. The highest BCUT2D eigenvalue weighted by molar-refractivity contribution is 5.86. The number of pyridine rings is 2. The molecular weight excluding hydrogens is 390 g/mol. The number of hydrogen-bond acceptors (Lipinski definition) is 7. The average Bonchev–Trinajstić information content (AvgIpc) is 3.30. The van der Waals surface area contributed by atoms with Crippen molar-refractivity contribution in [1.29, 1.82) is 0 Å². The van der Waals surface area contributed by atoms with Gasteiger partial charge in [0, 0.05) is 43.2 Å². The molecule has 160 valence electrons. The first-order chi connectivity index (χ1) is 14.7. The third-order valence-corrected chi connectivity index (χ3v) is 5.57. The highest BCUT2D eigenvalue weighted by Gasteiger charge is 2.26. The SMILES string of the molecule is Cc1nc2cc(O)c(-c3ccc4nc(N5CC[C@H](NC(C)(C)C)C5)ccc4n3)cc2o1. The summed E-state index contributed by atoms with van der Waals surface area (Å²) in [5.74, 6) is 1.67. The number of hydrogen-bond donors (Lipinski definition) is 2. The zero-order valence-electron chi connectivity index (χ0n) is 18.3. The van der Waals surface area contributed by atoms with Gasteiger partial charge in [-0.25, -0.2) is 15.0 Å². The first-order valence-corrected chi connectivity index (χ1v) is 10.7. The summed E-state index contributed by atoms with van der Waals surface area (Å²) in [6, 6.07) is 11.7. The maximum absolute atomic E-state index is 10.5. The van der Waals surface area contributed by atoms with Crippen molar-refractivity contribution in [3.63, 3.8) is 0 Å². The Morgan fingerprint density at radius 2 is 1.81 bits per heavy atom. The van der Waals surface area contributed by atoms with Crippen LogP contribution in [-0.2, 0) is 0 Å². The number of oxazole rings is 1. The molecule has 1 aromatic carbocycles. The fourth-order valence-electron chi connectivity index (χ4n) is 4.31.